The SMILES string of the molecule is CCCCCCCCCC[C@@H](CCCCCCCC)COC(=O)CCCCC(=O)OC[C@H](CCCCCCCC)CCCCCCCCCC. The lowest BCUT2D eigenvalue weighted by Gasteiger charge is -2.18. The average molecular weight is 707 g/mol. The number of ether oxygens (including phenoxy) is 2. The Morgan fingerprint density at radius 2 is 0.540 bits per heavy atom. The van der Waals surface area contributed by atoms with Crippen LogP contribution in [0.4, 0.5) is 0 Å². The molecule has 0 rings (SSSR count). The van der Waals surface area contributed by atoms with E-state index in [-0.39, 0.29) is 11.9 Å². The van der Waals surface area contributed by atoms with E-state index in [1.165, 1.54) is 205 Å². The summed E-state index contributed by atoms with van der Waals surface area (Å²) < 4.78 is 11.6. The molecule has 0 fully saturated rings. The van der Waals surface area contributed by atoms with E-state index >= 15 is 0 Å². The first-order valence-electron chi connectivity index (χ1n) is 22.9. The number of hydrogen-bond donors (Lipinski definition) is 0. The largest absolute Gasteiger partial charge is 0.465 e. The number of esters is 2. The molecule has 4 heteroatoms. The van der Waals surface area contributed by atoms with Gasteiger partial charge in [0.05, 0.1) is 13.2 Å². The van der Waals surface area contributed by atoms with Crippen molar-refractivity contribution in [3.63, 3.8) is 0 Å². The van der Waals surface area contributed by atoms with E-state index in [0.29, 0.717) is 50.7 Å². The highest BCUT2D eigenvalue weighted by Gasteiger charge is 2.15. The van der Waals surface area contributed by atoms with Crippen LogP contribution >= 0.6 is 0 Å². The normalized spacial score (nSPS) is 12.6. The average Bonchev–Trinajstić information content (AvgIpc) is 3.12. The lowest BCUT2D eigenvalue weighted by molar-refractivity contribution is -0.147. The first kappa shape index (κ1) is 48.9. The molecule has 0 aliphatic carbocycles. The molecule has 0 aliphatic heterocycles. The zero-order chi connectivity index (χ0) is 36.6. The van der Waals surface area contributed by atoms with Crippen molar-refractivity contribution in [3.8, 4) is 0 Å². The smallest absolute Gasteiger partial charge is 0.305 e. The van der Waals surface area contributed by atoms with Gasteiger partial charge in [0.1, 0.15) is 0 Å². The lowest BCUT2D eigenvalue weighted by Crippen LogP contribution is -2.15. The Labute approximate surface area is 314 Å². The molecule has 0 saturated carbocycles. The molecule has 50 heavy (non-hydrogen) atoms. The molecule has 0 bridgehead atoms. The minimum Gasteiger partial charge on any atom is -0.465 e. The third-order valence-corrected chi connectivity index (χ3v) is 10.8. The van der Waals surface area contributed by atoms with Crippen LogP contribution in [-0.4, -0.2) is 25.2 Å². The van der Waals surface area contributed by atoms with Gasteiger partial charge in [0, 0.05) is 12.8 Å². The van der Waals surface area contributed by atoms with E-state index in [1.807, 2.05) is 0 Å². The molecule has 0 aromatic heterocycles. The molecule has 2 atom stereocenters. The Bertz CT molecular complexity index is 634. The van der Waals surface area contributed by atoms with Crippen molar-refractivity contribution in [2.45, 2.75) is 259 Å². The van der Waals surface area contributed by atoms with Gasteiger partial charge < -0.3 is 9.47 Å². The van der Waals surface area contributed by atoms with Gasteiger partial charge in [0.25, 0.3) is 0 Å². The third kappa shape index (κ3) is 36.7. The van der Waals surface area contributed by atoms with Crippen molar-refractivity contribution in [2.24, 2.45) is 11.8 Å². The van der Waals surface area contributed by atoms with Gasteiger partial charge in [-0.15, -0.1) is 0 Å². The van der Waals surface area contributed by atoms with Crippen LogP contribution in [0.3, 0.4) is 0 Å². The van der Waals surface area contributed by atoms with Gasteiger partial charge in [0.2, 0.25) is 0 Å². The third-order valence-electron chi connectivity index (χ3n) is 10.8. The summed E-state index contributed by atoms with van der Waals surface area (Å²) in [7, 11) is 0. The number of carbonyl (C=O) groups is 2. The van der Waals surface area contributed by atoms with E-state index in [4.69, 9.17) is 9.47 Å². The Kier molecular flexibility index (Phi) is 39.8. The molecule has 0 amide bonds. The van der Waals surface area contributed by atoms with Crippen molar-refractivity contribution in [2.75, 3.05) is 13.2 Å². The molecular formula is C46H90O4. The van der Waals surface area contributed by atoms with E-state index < -0.39 is 0 Å². The molecule has 4 nitrogen and oxygen atoms in total. The van der Waals surface area contributed by atoms with Gasteiger partial charge in [-0.05, 0) is 50.4 Å². The summed E-state index contributed by atoms with van der Waals surface area (Å²) >= 11 is 0. The summed E-state index contributed by atoms with van der Waals surface area (Å²) in [6.07, 6.45) is 44.1. The van der Waals surface area contributed by atoms with E-state index in [2.05, 4.69) is 27.7 Å². The monoisotopic (exact) mass is 707 g/mol. The van der Waals surface area contributed by atoms with Crippen LogP contribution in [-0.2, 0) is 19.1 Å². The Morgan fingerprint density at radius 3 is 0.780 bits per heavy atom. The van der Waals surface area contributed by atoms with Gasteiger partial charge in [0.15, 0.2) is 0 Å². The molecule has 0 saturated heterocycles. The van der Waals surface area contributed by atoms with Gasteiger partial charge >= 0.3 is 11.9 Å². The number of unbranched alkanes of at least 4 members (excludes halogenated alkanes) is 25. The second-order valence-electron chi connectivity index (χ2n) is 15.9. The molecule has 0 unspecified atom stereocenters. The Balaban J connectivity index is 4.37. The van der Waals surface area contributed by atoms with Crippen molar-refractivity contribution in [3.05, 3.63) is 0 Å². The summed E-state index contributed by atoms with van der Waals surface area (Å²) in [5.41, 5.74) is 0. The highest BCUT2D eigenvalue weighted by atomic mass is 16.5. The lowest BCUT2D eigenvalue weighted by atomic mass is 9.94. The summed E-state index contributed by atoms with van der Waals surface area (Å²) in [4.78, 5) is 25.2. The summed E-state index contributed by atoms with van der Waals surface area (Å²) in [6, 6.07) is 0. The van der Waals surface area contributed by atoms with Crippen LogP contribution < -0.4 is 0 Å². The molecule has 0 aliphatic rings. The van der Waals surface area contributed by atoms with Gasteiger partial charge in [-0.2, -0.15) is 0 Å². The van der Waals surface area contributed by atoms with Crippen LogP contribution in [0.5, 0.6) is 0 Å². The second-order valence-corrected chi connectivity index (χ2v) is 15.9. The fourth-order valence-corrected chi connectivity index (χ4v) is 7.29. The molecule has 0 spiro atoms. The Hall–Kier alpha value is -1.06. The predicted octanol–water partition coefficient (Wildman–Crippen LogP) is 15.4. The highest BCUT2D eigenvalue weighted by molar-refractivity contribution is 5.70. The first-order chi connectivity index (χ1) is 24.6. The molecule has 0 aromatic carbocycles. The molecular weight excluding hydrogens is 617 g/mol. The minimum absolute atomic E-state index is 0.0911. The van der Waals surface area contributed by atoms with Gasteiger partial charge in [-0.3, -0.25) is 9.59 Å². The van der Waals surface area contributed by atoms with Crippen molar-refractivity contribution in [1.29, 1.82) is 0 Å². The maximum Gasteiger partial charge on any atom is 0.305 e. The summed E-state index contributed by atoms with van der Waals surface area (Å²) in [6.45, 7) is 10.2. The molecule has 0 aromatic rings. The van der Waals surface area contributed by atoms with Crippen molar-refractivity contribution < 1.29 is 19.1 Å². The maximum absolute atomic E-state index is 12.6. The summed E-state index contributed by atoms with van der Waals surface area (Å²) in [5.74, 6) is 0.809. The second kappa shape index (κ2) is 40.7. The summed E-state index contributed by atoms with van der Waals surface area (Å²) in [5, 5.41) is 0. The molecule has 0 radical (unpaired) electrons. The predicted molar refractivity (Wildman–Crippen MR) is 218 cm³/mol. The fraction of sp³-hybridized carbons (Fsp3) is 0.957. The molecule has 0 N–H and O–H groups in total. The van der Waals surface area contributed by atoms with E-state index in [9.17, 15) is 9.59 Å². The number of rotatable bonds is 41. The van der Waals surface area contributed by atoms with Crippen LogP contribution in [0, 0.1) is 11.8 Å². The van der Waals surface area contributed by atoms with Gasteiger partial charge in [-0.1, -0.05) is 207 Å². The standard InChI is InChI=1S/C46H90O4/c1-5-9-13-17-21-23-27-31-37-43(35-29-25-19-15-11-7-3)41-49-45(47)39-33-34-40-46(48)50-42-44(36-30-26-20-16-12-8-4)38-32-28-24-22-18-14-10-6-2/h43-44H,5-42H2,1-4H3/t43-,44-/m1/s1. The molecule has 0 heterocycles. The van der Waals surface area contributed by atoms with Crippen LogP contribution in [0.2, 0.25) is 0 Å². The van der Waals surface area contributed by atoms with Crippen molar-refractivity contribution in [1.82, 2.24) is 0 Å². The fourth-order valence-electron chi connectivity index (χ4n) is 7.29. The Morgan fingerprint density at radius 1 is 0.320 bits per heavy atom. The zero-order valence-corrected chi connectivity index (χ0v) is 34.7. The zero-order valence-electron chi connectivity index (χ0n) is 34.7. The van der Waals surface area contributed by atoms with Crippen LogP contribution in [0.15, 0.2) is 0 Å². The van der Waals surface area contributed by atoms with Crippen molar-refractivity contribution >= 4 is 11.9 Å². The minimum atomic E-state index is -0.0911. The van der Waals surface area contributed by atoms with E-state index in [0.717, 1.165) is 0 Å². The van der Waals surface area contributed by atoms with Crippen LogP contribution in [0.25, 0.3) is 0 Å². The topological polar surface area (TPSA) is 52.6 Å². The highest BCUT2D eigenvalue weighted by Crippen LogP contribution is 2.22. The number of carbonyl (C=O) groups excluding carboxylic acids is 2. The number of hydrogen-bond acceptors (Lipinski definition) is 4. The van der Waals surface area contributed by atoms with Gasteiger partial charge in [-0.25, -0.2) is 0 Å². The van der Waals surface area contributed by atoms with E-state index in [1.54, 1.807) is 0 Å². The quantitative estimate of drug-likeness (QED) is 0.0469. The maximum atomic E-state index is 12.6. The first-order valence-corrected chi connectivity index (χ1v) is 22.9. The van der Waals surface area contributed by atoms with Crippen LogP contribution in [0.1, 0.15) is 259 Å². The molecule has 298 valence electrons.